The number of hydrogen-bond donors (Lipinski definition) is 2. The van der Waals surface area contributed by atoms with Gasteiger partial charge in [0.25, 0.3) is 17.9 Å². The highest BCUT2D eigenvalue weighted by atomic mass is 19.3. The third-order valence-electron chi connectivity index (χ3n) is 7.51. The number of ether oxygens (including phenoxy) is 1. The fourth-order valence-electron chi connectivity index (χ4n) is 5.83. The molecule has 1 aromatic heterocycles. The van der Waals surface area contributed by atoms with Crippen molar-refractivity contribution in [2.45, 2.75) is 62.3 Å². The molecule has 0 spiro atoms. The van der Waals surface area contributed by atoms with Gasteiger partial charge in [0, 0.05) is 38.6 Å². The summed E-state index contributed by atoms with van der Waals surface area (Å²) in [5.74, 6) is -5.79. The molecule has 2 heterocycles. The SMILES string of the molecule is COC1c2c(c(=O)[nH]c(=O)n2C2CC2)C(C(F)F)=C(F)C1N1CC2CCC(F)(F)C(O)C2C1. The second-order valence-electron chi connectivity index (χ2n) is 9.41. The average molecular weight is 477 g/mol. The molecule has 33 heavy (non-hydrogen) atoms. The standard InChI is InChI=1S/C21H24F5N3O4/c1-33-16-14-12(19(31)27-20(32)29(14)9-2-3-9)11(18(23)24)13(22)15(16)28-6-8-4-5-21(25,26)17(30)10(8)7-28/h8-10,15-18,30H,2-7H2,1H3,(H,27,31,32). The Labute approximate surface area is 184 Å². The third-order valence-corrected chi connectivity index (χ3v) is 7.51. The van der Waals surface area contributed by atoms with E-state index in [9.17, 15) is 32.3 Å². The first-order chi connectivity index (χ1) is 15.6. The number of aliphatic hydroxyl groups is 1. The van der Waals surface area contributed by atoms with Crippen molar-refractivity contribution in [3.63, 3.8) is 0 Å². The van der Waals surface area contributed by atoms with Crippen molar-refractivity contribution in [1.29, 1.82) is 0 Å². The van der Waals surface area contributed by atoms with Crippen LogP contribution in [0.25, 0.3) is 5.57 Å². The predicted molar refractivity (Wildman–Crippen MR) is 106 cm³/mol. The van der Waals surface area contributed by atoms with Crippen LogP contribution in [-0.4, -0.2) is 64.3 Å². The van der Waals surface area contributed by atoms with E-state index in [-0.39, 0.29) is 37.2 Å². The fourth-order valence-corrected chi connectivity index (χ4v) is 5.83. The van der Waals surface area contributed by atoms with Crippen molar-refractivity contribution in [3.8, 4) is 0 Å². The highest BCUT2D eigenvalue weighted by Gasteiger charge is 2.56. The van der Waals surface area contributed by atoms with E-state index < -0.39 is 71.1 Å². The number of likely N-dealkylation sites (tertiary alicyclic amines) is 1. The molecule has 1 saturated heterocycles. The van der Waals surface area contributed by atoms with Gasteiger partial charge in [-0.2, -0.15) is 0 Å². The van der Waals surface area contributed by atoms with Crippen molar-refractivity contribution in [3.05, 3.63) is 37.9 Å². The highest BCUT2D eigenvalue weighted by Crippen LogP contribution is 2.50. The molecule has 1 aromatic rings. The molecule has 5 rings (SSSR count). The summed E-state index contributed by atoms with van der Waals surface area (Å²) in [5.41, 5.74) is -3.75. The molecule has 0 radical (unpaired) electrons. The number of nitrogens with zero attached hydrogens (tertiary/aromatic N) is 2. The molecular formula is C21H24F5N3O4. The quantitative estimate of drug-likeness (QED) is 0.650. The van der Waals surface area contributed by atoms with E-state index in [1.807, 2.05) is 4.98 Å². The Morgan fingerprint density at radius 3 is 2.48 bits per heavy atom. The van der Waals surface area contributed by atoms with Crippen molar-refractivity contribution in [1.82, 2.24) is 14.5 Å². The van der Waals surface area contributed by atoms with Crippen molar-refractivity contribution < 1.29 is 31.8 Å². The molecule has 0 bridgehead atoms. The summed E-state index contributed by atoms with van der Waals surface area (Å²) in [4.78, 5) is 28.6. The average Bonchev–Trinajstić information content (AvgIpc) is 3.48. The van der Waals surface area contributed by atoms with Gasteiger partial charge in [-0.25, -0.2) is 26.7 Å². The third kappa shape index (κ3) is 3.40. The number of nitrogens with one attached hydrogen (secondary N) is 1. The van der Waals surface area contributed by atoms with Gasteiger partial charge < -0.3 is 9.84 Å². The minimum absolute atomic E-state index is 0.0957. The topological polar surface area (TPSA) is 87.6 Å². The van der Waals surface area contributed by atoms with E-state index in [0.29, 0.717) is 12.8 Å². The van der Waals surface area contributed by atoms with Gasteiger partial charge in [0.05, 0.1) is 22.9 Å². The first-order valence-corrected chi connectivity index (χ1v) is 11.0. The first kappa shape index (κ1) is 22.7. The molecule has 3 fully saturated rings. The van der Waals surface area contributed by atoms with E-state index in [1.54, 1.807) is 0 Å². The number of rotatable bonds is 4. The van der Waals surface area contributed by atoms with E-state index in [4.69, 9.17) is 4.74 Å². The number of methoxy groups -OCH3 is 1. The maximum atomic E-state index is 15.7. The van der Waals surface area contributed by atoms with E-state index in [1.165, 1.54) is 16.6 Å². The summed E-state index contributed by atoms with van der Waals surface area (Å²) in [6.07, 6.45) is -5.79. The number of aromatic amines is 1. The lowest BCUT2D eigenvalue weighted by Crippen LogP contribution is -2.48. The second kappa shape index (κ2) is 7.74. The molecule has 7 nitrogen and oxygen atoms in total. The van der Waals surface area contributed by atoms with Crippen LogP contribution in [0.5, 0.6) is 0 Å². The Hall–Kier alpha value is -2.05. The number of aromatic nitrogens is 2. The molecule has 12 heteroatoms. The lowest BCUT2D eigenvalue weighted by Gasteiger charge is -2.39. The number of halogens is 5. The van der Waals surface area contributed by atoms with Crippen LogP contribution in [0.2, 0.25) is 0 Å². The Balaban J connectivity index is 1.64. The summed E-state index contributed by atoms with van der Waals surface area (Å²) in [6, 6.07) is -1.77. The van der Waals surface area contributed by atoms with Gasteiger partial charge in [-0.1, -0.05) is 0 Å². The molecule has 5 atom stereocenters. The second-order valence-corrected chi connectivity index (χ2v) is 9.41. The van der Waals surface area contributed by atoms with E-state index in [2.05, 4.69) is 0 Å². The Morgan fingerprint density at radius 2 is 1.88 bits per heavy atom. The molecule has 3 aliphatic carbocycles. The molecule has 0 amide bonds. The lowest BCUT2D eigenvalue weighted by molar-refractivity contribution is -0.161. The highest BCUT2D eigenvalue weighted by molar-refractivity contribution is 5.74. The van der Waals surface area contributed by atoms with Crippen LogP contribution in [0.15, 0.2) is 15.4 Å². The largest absolute Gasteiger partial charge is 0.387 e. The fraction of sp³-hybridized carbons (Fsp3) is 0.714. The maximum absolute atomic E-state index is 15.7. The molecule has 2 saturated carbocycles. The van der Waals surface area contributed by atoms with Crippen molar-refractivity contribution >= 4 is 5.57 Å². The zero-order chi connectivity index (χ0) is 23.8. The predicted octanol–water partition coefficient (Wildman–Crippen LogP) is 2.22. The van der Waals surface area contributed by atoms with Gasteiger partial charge in [-0.05, 0) is 25.2 Å². The Bertz CT molecular complexity index is 1110. The molecule has 2 N–H and O–H groups in total. The van der Waals surface area contributed by atoms with Crippen molar-refractivity contribution in [2.24, 2.45) is 11.8 Å². The van der Waals surface area contributed by atoms with Crippen LogP contribution in [0, 0.1) is 11.8 Å². The van der Waals surface area contributed by atoms with Crippen LogP contribution in [-0.2, 0) is 4.74 Å². The maximum Gasteiger partial charge on any atom is 0.328 e. The summed E-state index contributed by atoms with van der Waals surface area (Å²) >= 11 is 0. The smallest absolute Gasteiger partial charge is 0.328 e. The summed E-state index contributed by atoms with van der Waals surface area (Å²) in [7, 11) is 1.22. The Morgan fingerprint density at radius 1 is 1.18 bits per heavy atom. The van der Waals surface area contributed by atoms with Gasteiger partial charge in [0.1, 0.15) is 18.0 Å². The molecule has 182 valence electrons. The lowest BCUT2D eigenvalue weighted by atomic mass is 9.77. The van der Waals surface area contributed by atoms with Crippen LogP contribution in [0.4, 0.5) is 22.0 Å². The van der Waals surface area contributed by atoms with E-state index >= 15 is 4.39 Å². The number of aliphatic hydroxyl groups excluding tert-OH is 1. The number of fused-ring (bicyclic) bond motifs is 2. The zero-order valence-electron chi connectivity index (χ0n) is 17.7. The molecule has 4 aliphatic rings. The molecule has 0 aromatic carbocycles. The van der Waals surface area contributed by atoms with E-state index in [0.717, 1.165) is 0 Å². The zero-order valence-corrected chi connectivity index (χ0v) is 17.7. The van der Waals surface area contributed by atoms with Gasteiger partial charge in [0.2, 0.25) is 0 Å². The normalized spacial score (nSPS) is 34.0. The van der Waals surface area contributed by atoms with Crippen LogP contribution in [0.3, 0.4) is 0 Å². The number of allylic oxidation sites excluding steroid dienone is 1. The van der Waals surface area contributed by atoms with Gasteiger partial charge in [-0.15, -0.1) is 0 Å². The summed E-state index contributed by atoms with van der Waals surface area (Å²) in [6.45, 7) is -0.0550. The van der Waals surface area contributed by atoms with Gasteiger partial charge in [0.15, 0.2) is 0 Å². The molecular weight excluding hydrogens is 453 g/mol. The minimum Gasteiger partial charge on any atom is -0.387 e. The Kier molecular flexibility index (Phi) is 5.33. The van der Waals surface area contributed by atoms with Gasteiger partial charge in [-0.3, -0.25) is 19.2 Å². The van der Waals surface area contributed by atoms with Crippen LogP contribution >= 0.6 is 0 Å². The minimum atomic E-state index is -3.35. The van der Waals surface area contributed by atoms with Crippen LogP contribution in [0.1, 0.15) is 49.1 Å². The first-order valence-electron chi connectivity index (χ1n) is 11.0. The molecule has 1 aliphatic heterocycles. The number of H-pyrrole nitrogens is 1. The number of hydrogen-bond acceptors (Lipinski definition) is 5. The number of alkyl halides is 4. The monoisotopic (exact) mass is 477 g/mol. The van der Waals surface area contributed by atoms with Gasteiger partial charge >= 0.3 is 5.69 Å². The van der Waals surface area contributed by atoms with Crippen LogP contribution < -0.4 is 11.2 Å². The summed E-state index contributed by atoms with van der Waals surface area (Å²) < 4.78 is 78.8. The summed E-state index contributed by atoms with van der Waals surface area (Å²) in [5, 5.41) is 10.2. The molecule has 5 unspecified atom stereocenters. The van der Waals surface area contributed by atoms with Crippen molar-refractivity contribution in [2.75, 3.05) is 20.2 Å².